The monoisotopic (exact) mass is 492 g/mol. The van der Waals surface area contributed by atoms with Gasteiger partial charge in [-0.2, -0.15) is 0 Å². The Morgan fingerprint density at radius 1 is 0.629 bits per heavy atom. The fourth-order valence-electron chi connectivity index (χ4n) is 6.56. The van der Waals surface area contributed by atoms with E-state index < -0.39 is 0 Å². The summed E-state index contributed by atoms with van der Waals surface area (Å²) in [5.74, 6) is 0.661. The van der Waals surface area contributed by atoms with E-state index in [9.17, 15) is 0 Å². The normalized spacial score (nSPS) is 18.9. The average Bonchev–Trinajstić information content (AvgIpc) is 3.57. The van der Waals surface area contributed by atoms with Crippen LogP contribution in [0.4, 0.5) is 0 Å². The molecule has 0 saturated heterocycles. The summed E-state index contributed by atoms with van der Waals surface area (Å²) < 4.78 is 0. The molecule has 0 fully saturated rings. The van der Waals surface area contributed by atoms with Crippen molar-refractivity contribution in [2.24, 2.45) is 5.41 Å². The summed E-state index contributed by atoms with van der Waals surface area (Å²) in [6.45, 7) is 14.1. The van der Waals surface area contributed by atoms with Crippen molar-refractivity contribution < 1.29 is 0 Å². The maximum Gasteiger partial charge on any atom is 0.0311 e. The Morgan fingerprint density at radius 2 is 1.06 bits per heavy atom. The average molecular weight is 493 g/mol. The zero-order chi connectivity index (χ0) is 24.5. The highest BCUT2D eigenvalue weighted by Crippen LogP contribution is 2.63. The molecule has 0 N–H and O–H groups in total. The Balaban J connectivity index is 1.58. The lowest BCUT2D eigenvalue weighted by atomic mass is 9.61. The van der Waals surface area contributed by atoms with Gasteiger partial charge >= 0.3 is 0 Å². The highest BCUT2D eigenvalue weighted by atomic mass is 32.1. The molecule has 2 aromatic heterocycles. The van der Waals surface area contributed by atoms with Crippen LogP contribution >= 0.6 is 22.7 Å². The number of benzene rings is 2. The molecule has 0 bridgehead atoms. The summed E-state index contributed by atoms with van der Waals surface area (Å²) in [6, 6.07) is 18.4. The van der Waals surface area contributed by atoms with Crippen LogP contribution in [0.3, 0.4) is 0 Å². The molecule has 0 amide bonds. The Kier molecular flexibility index (Phi) is 5.32. The molecule has 0 aliphatic heterocycles. The van der Waals surface area contributed by atoms with Crippen molar-refractivity contribution in [1.29, 1.82) is 0 Å². The van der Waals surface area contributed by atoms with E-state index in [1.54, 1.807) is 0 Å². The molecule has 2 heterocycles. The van der Waals surface area contributed by atoms with Crippen LogP contribution in [0.5, 0.6) is 0 Å². The number of hydrogen-bond donors (Lipinski definition) is 0. The van der Waals surface area contributed by atoms with E-state index in [1.807, 2.05) is 22.7 Å². The first-order chi connectivity index (χ1) is 16.8. The van der Waals surface area contributed by atoms with Gasteiger partial charge in [0.15, 0.2) is 0 Å². The fraction of sp³-hybridized carbons (Fsp3) is 0.273. The lowest BCUT2D eigenvalue weighted by molar-refractivity contribution is 0.303. The second-order valence-electron chi connectivity index (χ2n) is 11.0. The van der Waals surface area contributed by atoms with Crippen LogP contribution in [0.2, 0.25) is 0 Å². The van der Waals surface area contributed by atoms with E-state index >= 15 is 0 Å². The molecular formula is C33H32S2. The molecule has 0 spiro atoms. The van der Waals surface area contributed by atoms with Gasteiger partial charge in [-0.3, -0.25) is 0 Å². The number of rotatable bonds is 4. The minimum atomic E-state index is -0.0256. The van der Waals surface area contributed by atoms with Gasteiger partial charge in [0, 0.05) is 21.6 Å². The topological polar surface area (TPSA) is 0 Å². The van der Waals surface area contributed by atoms with Crippen molar-refractivity contribution in [1.82, 2.24) is 0 Å². The molecule has 0 saturated carbocycles. The smallest absolute Gasteiger partial charge is 0.0311 e. The third-order valence-corrected chi connectivity index (χ3v) is 10.2. The summed E-state index contributed by atoms with van der Waals surface area (Å²) in [4.78, 5) is 2.83. The van der Waals surface area contributed by atoms with Gasteiger partial charge in [-0.25, -0.2) is 0 Å². The molecule has 2 heteroatoms. The van der Waals surface area contributed by atoms with E-state index in [1.165, 1.54) is 65.4 Å². The minimum Gasteiger partial charge on any atom is -0.144 e. The van der Waals surface area contributed by atoms with Crippen LogP contribution < -0.4 is 0 Å². The molecule has 4 aromatic rings. The van der Waals surface area contributed by atoms with Crippen molar-refractivity contribution in [2.45, 2.75) is 53.4 Å². The molecule has 0 nitrogen and oxygen atoms in total. The number of thiophene rings is 2. The number of hydrogen-bond acceptors (Lipinski definition) is 2. The summed E-state index contributed by atoms with van der Waals surface area (Å²) >= 11 is 3.79. The summed E-state index contributed by atoms with van der Waals surface area (Å²) in [7, 11) is 0. The molecule has 2 aliphatic rings. The van der Waals surface area contributed by atoms with Crippen LogP contribution in [0, 0.1) is 33.1 Å². The Labute approximate surface area is 217 Å². The first kappa shape index (κ1) is 22.8. The van der Waals surface area contributed by atoms with Gasteiger partial charge in [-0.1, -0.05) is 50.2 Å². The standard InChI is InChI=1S/C33H32S2/c1-19-13-27(34-17-19)25-15-23-11-7-9-21(3)29(23)31(25)33(5,6)32-26(28-14-20(2)18-35-28)16-24-12-8-10-22(4)30(24)32/h7-18,31-32H,1-6H3. The molecule has 0 radical (unpaired) electrons. The maximum atomic E-state index is 2.52. The van der Waals surface area contributed by atoms with E-state index in [-0.39, 0.29) is 5.41 Å². The largest absolute Gasteiger partial charge is 0.144 e. The Bertz CT molecular complexity index is 1400. The number of fused-ring (bicyclic) bond motifs is 2. The third-order valence-electron chi connectivity index (χ3n) is 8.06. The molecule has 6 rings (SSSR count). The number of aryl methyl sites for hydroxylation is 4. The Hall–Kier alpha value is -2.68. The summed E-state index contributed by atoms with van der Waals surface area (Å²) in [5.41, 5.74) is 14.3. The lowest BCUT2D eigenvalue weighted by Crippen LogP contribution is -2.30. The van der Waals surface area contributed by atoms with Crippen molar-refractivity contribution in [3.8, 4) is 0 Å². The third kappa shape index (κ3) is 3.53. The van der Waals surface area contributed by atoms with Crippen molar-refractivity contribution in [3.05, 3.63) is 114 Å². The molecule has 2 aromatic carbocycles. The van der Waals surface area contributed by atoms with Crippen LogP contribution in [0.25, 0.3) is 23.3 Å². The molecule has 176 valence electrons. The van der Waals surface area contributed by atoms with E-state index in [4.69, 9.17) is 0 Å². The number of allylic oxidation sites excluding steroid dienone is 2. The van der Waals surface area contributed by atoms with Crippen molar-refractivity contribution in [2.75, 3.05) is 0 Å². The second-order valence-corrected chi connectivity index (χ2v) is 12.8. The highest BCUT2D eigenvalue weighted by molar-refractivity contribution is 7.11. The van der Waals surface area contributed by atoms with E-state index in [2.05, 4.69) is 113 Å². The van der Waals surface area contributed by atoms with Gasteiger partial charge in [0.2, 0.25) is 0 Å². The zero-order valence-electron chi connectivity index (χ0n) is 21.4. The van der Waals surface area contributed by atoms with Crippen LogP contribution in [-0.2, 0) is 0 Å². The second kappa shape index (κ2) is 8.18. The maximum absolute atomic E-state index is 2.52. The summed E-state index contributed by atoms with van der Waals surface area (Å²) in [6.07, 6.45) is 4.96. The van der Waals surface area contributed by atoms with Gasteiger partial charge in [0.1, 0.15) is 0 Å². The first-order valence-corrected chi connectivity index (χ1v) is 14.2. The Morgan fingerprint density at radius 3 is 1.43 bits per heavy atom. The van der Waals surface area contributed by atoms with Gasteiger partial charge in [0.05, 0.1) is 0 Å². The predicted octanol–water partition coefficient (Wildman–Crippen LogP) is 10.0. The van der Waals surface area contributed by atoms with Crippen LogP contribution in [0.1, 0.15) is 79.9 Å². The molecular weight excluding hydrogens is 460 g/mol. The first-order valence-electron chi connectivity index (χ1n) is 12.5. The summed E-state index contributed by atoms with van der Waals surface area (Å²) in [5, 5.41) is 4.59. The van der Waals surface area contributed by atoms with E-state index in [0.717, 1.165) is 0 Å². The van der Waals surface area contributed by atoms with Crippen molar-refractivity contribution >= 4 is 46.0 Å². The lowest BCUT2D eigenvalue weighted by Gasteiger charge is -2.42. The van der Waals surface area contributed by atoms with Crippen LogP contribution in [-0.4, -0.2) is 0 Å². The minimum absolute atomic E-state index is 0.0256. The van der Waals surface area contributed by atoms with Gasteiger partial charge < -0.3 is 0 Å². The zero-order valence-corrected chi connectivity index (χ0v) is 23.0. The van der Waals surface area contributed by atoms with Gasteiger partial charge in [-0.05, 0) is 124 Å². The van der Waals surface area contributed by atoms with Crippen molar-refractivity contribution in [3.63, 3.8) is 0 Å². The molecule has 2 atom stereocenters. The molecule has 2 aliphatic carbocycles. The molecule has 2 unspecified atom stereocenters. The van der Waals surface area contributed by atoms with Gasteiger partial charge in [0.25, 0.3) is 0 Å². The van der Waals surface area contributed by atoms with E-state index in [0.29, 0.717) is 11.8 Å². The van der Waals surface area contributed by atoms with Crippen LogP contribution in [0.15, 0.2) is 59.3 Å². The highest BCUT2D eigenvalue weighted by Gasteiger charge is 2.48. The fourth-order valence-corrected chi connectivity index (χ4v) is 8.46. The van der Waals surface area contributed by atoms with Gasteiger partial charge in [-0.15, -0.1) is 22.7 Å². The SMILES string of the molecule is Cc1csc(C2=Cc3cccc(C)c3C2C(C)(C)C2C(c3cc(C)cs3)=Cc3cccc(C)c32)c1. The molecule has 35 heavy (non-hydrogen) atoms. The predicted molar refractivity (Wildman–Crippen MR) is 155 cm³/mol. The quantitative estimate of drug-likeness (QED) is 0.266.